The summed E-state index contributed by atoms with van der Waals surface area (Å²) < 4.78 is 0. The standard InChI is InChI=1S/C12H18N4O3/c1-12(2,3)7-15(4)11(17)8-5-10(13)14-6-9(8)16(18)19/h5-6H,7H2,1-4H3,(H2,13,14). The van der Waals surface area contributed by atoms with Gasteiger partial charge in [0.05, 0.1) is 4.92 Å². The average Bonchev–Trinajstić information content (AvgIpc) is 2.25. The summed E-state index contributed by atoms with van der Waals surface area (Å²) in [5.41, 5.74) is 5.02. The molecule has 1 heterocycles. The Balaban J connectivity index is 3.11. The summed E-state index contributed by atoms with van der Waals surface area (Å²) in [4.78, 5) is 27.6. The molecule has 0 aliphatic rings. The number of hydrogen-bond donors (Lipinski definition) is 1. The van der Waals surface area contributed by atoms with E-state index in [4.69, 9.17) is 5.73 Å². The zero-order valence-electron chi connectivity index (χ0n) is 11.5. The van der Waals surface area contributed by atoms with Crippen LogP contribution in [0.4, 0.5) is 11.5 Å². The van der Waals surface area contributed by atoms with Gasteiger partial charge in [-0.1, -0.05) is 20.8 Å². The fraction of sp³-hybridized carbons (Fsp3) is 0.500. The van der Waals surface area contributed by atoms with Crippen molar-refractivity contribution in [3.8, 4) is 0 Å². The fourth-order valence-electron chi connectivity index (χ4n) is 1.77. The van der Waals surface area contributed by atoms with Crippen LogP contribution in [0.15, 0.2) is 12.3 Å². The molecule has 0 radical (unpaired) electrons. The molecule has 0 bridgehead atoms. The van der Waals surface area contributed by atoms with Gasteiger partial charge in [0.25, 0.3) is 11.6 Å². The summed E-state index contributed by atoms with van der Waals surface area (Å²) >= 11 is 0. The van der Waals surface area contributed by atoms with Crippen molar-refractivity contribution in [1.82, 2.24) is 9.88 Å². The summed E-state index contributed by atoms with van der Waals surface area (Å²) in [5.74, 6) is -0.353. The van der Waals surface area contributed by atoms with Crippen LogP contribution in [0.2, 0.25) is 0 Å². The molecule has 7 heteroatoms. The molecule has 0 atom stereocenters. The van der Waals surface area contributed by atoms with E-state index >= 15 is 0 Å². The molecule has 1 aromatic rings. The Kier molecular flexibility index (Phi) is 4.08. The van der Waals surface area contributed by atoms with Gasteiger partial charge in [-0.2, -0.15) is 0 Å². The largest absolute Gasteiger partial charge is 0.384 e. The predicted molar refractivity (Wildman–Crippen MR) is 71.7 cm³/mol. The maximum Gasteiger partial charge on any atom is 0.300 e. The van der Waals surface area contributed by atoms with Gasteiger partial charge in [-0.05, 0) is 11.5 Å². The molecule has 0 unspecified atom stereocenters. The molecule has 19 heavy (non-hydrogen) atoms. The second-order valence-electron chi connectivity index (χ2n) is 5.61. The molecule has 0 aromatic carbocycles. The zero-order chi connectivity index (χ0) is 14.8. The number of carbonyl (C=O) groups is 1. The first-order chi connectivity index (χ1) is 8.61. The van der Waals surface area contributed by atoms with Gasteiger partial charge >= 0.3 is 0 Å². The van der Waals surface area contributed by atoms with Crippen molar-refractivity contribution >= 4 is 17.4 Å². The van der Waals surface area contributed by atoms with E-state index in [1.165, 1.54) is 11.0 Å². The highest BCUT2D eigenvalue weighted by atomic mass is 16.6. The summed E-state index contributed by atoms with van der Waals surface area (Å²) in [5, 5.41) is 10.9. The van der Waals surface area contributed by atoms with E-state index in [9.17, 15) is 14.9 Å². The minimum atomic E-state index is -0.634. The van der Waals surface area contributed by atoms with Crippen LogP contribution in [-0.4, -0.2) is 34.3 Å². The van der Waals surface area contributed by atoms with Crippen LogP contribution in [0.5, 0.6) is 0 Å². The van der Waals surface area contributed by atoms with Gasteiger partial charge in [0.1, 0.15) is 17.6 Å². The maximum absolute atomic E-state index is 12.2. The summed E-state index contributed by atoms with van der Waals surface area (Å²) in [6, 6.07) is 1.24. The van der Waals surface area contributed by atoms with E-state index in [2.05, 4.69) is 4.98 Å². The lowest BCUT2D eigenvalue weighted by Crippen LogP contribution is -2.34. The normalized spacial score (nSPS) is 11.2. The van der Waals surface area contributed by atoms with Gasteiger partial charge in [0, 0.05) is 13.6 Å². The molecule has 1 rings (SSSR count). The third-order valence-corrected chi connectivity index (χ3v) is 2.39. The molecule has 0 aliphatic heterocycles. The summed E-state index contributed by atoms with van der Waals surface area (Å²) in [7, 11) is 1.61. The lowest BCUT2D eigenvalue weighted by atomic mass is 9.96. The summed E-state index contributed by atoms with van der Waals surface area (Å²) in [6.45, 7) is 6.41. The van der Waals surface area contributed by atoms with Crippen LogP contribution in [0, 0.1) is 15.5 Å². The van der Waals surface area contributed by atoms with Gasteiger partial charge in [0.15, 0.2) is 0 Å². The lowest BCUT2D eigenvalue weighted by Gasteiger charge is -2.26. The Morgan fingerprint density at radius 1 is 1.53 bits per heavy atom. The van der Waals surface area contributed by atoms with Crippen LogP contribution < -0.4 is 5.73 Å². The predicted octanol–water partition coefficient (Wildman–Crippen LogP) is 1.69. The van der Waals surface area contributed by atoms with Gasteiger partial charge in [0.2, 0.25) is 0 Å². The monoisotopic (exact) mass is 266 g/mol. The van der Waals surface area contributed by atoms with Crippen molar-refractivity contribution in [2.75, 3.05) is 19.3 Å². The highest BCUT2D eigenvalue weighted by molar-refractivity contribution is 5.98. The van der Waals surface area contributed by atoms with Crippen molar-refractivity contribution < 1.29 is 9.72 Å². The molecular formula is C12H18N4O3. The second-order valence-corrected chi connectivity index (χ2v) is 5.61. The molecule has 2 N–H and O–H groups in total. The Bertz CT molecular complexity index is 508. The first-order valence-corrected chi connectivity index (χ1v) is 5.77. The number of nitrogen functional groups attached to an aromatic ring is 1. The van der Waals surface area contributed by atoms with Crippen molar-refractivity contribution in [3.05, 3.63) is 27.9 Å². The minimum Gasteiger partial charge on any atom is -0.384 e. The number of rotatable bonds is 3. The Morgan fingerprint density at radius 2 is 2.11 bits per heavy atom. The van der Waals surface area contributed by atoms with Gasteiger partial charge in [-0.25, -0.2) is 4.98 Å². The second kappa shape index (κ2) is 5.21. The van der Waals surface area contributed by atoms with E-state index in [1.54, 1.807) is 7.05 Å². The molecule has 0 fully saturated rings. The number of pyridine rings is 1. The van der Waals surface area contributed by atoms with Crippen LogP contribution >= 0.6 is 0 Å². The number of carbonyl (C=O) groups excluding carboxylic acids is 1. The number of hydrogen-bond acceptors (Lipinski definition) is 5. The van der Waals surface area contributed by atoms with E-state index in [-0.39, 0.29) is 22.5 Å². The molecular weight excluding hydrogens is 248 g/mol. The maximum atomic E-state index is 12.2. The Hall–Kier alpha value is -2.18. The Labute approximate surface area is 111 Å². The molecule has 1 amide bonds. The van der Waals surface area contributed by atoms with Crippen LogP contribution in [0.3, 0.4) is 0 Å². The number of nitrogens with two attached hydrogens (primary N) is 1. The van der Waals surface area contributed by atoms with E-state index in [0.29, 0.717) is 6.54 Å². The van der Waals surface area contributed by atoms with Crippen LogP contribution in [0.1, 0.15) is 31.1 Å². The molecule has 0 saturated carbocycles. The third-order valence-electron chi connectivity index (χ3n) is 2.39. The van der Waals surface area contributed by atoms with Crippen molar-refractivity contribution in [3.63, 3.8) is 0 Å². The van der Waals surface area contributed by atoms with Crippen molar-refractivity contribution in [2.45, 2.75) is 20.8 Å². The minimum absolute atomic E-state index is 0.0377. The van der Waals surface area contributed by atoms with Crippen molar-refractivity contribution in [2.24, 2.45) is 5.41 Å². The third kappa shape index (κ3) is 3.90. The fourth-order valence-corrected chi connectivity index (χ4v) is 1.77. The molecule has 104 valence electrons. The van der Waals surface area contributed by atoms with Gasteiger partial charge in [-0.15, -0.1) is 0 Å². The number of nitro groups is 1. The highest BCUT2D eigenvalue weighted by Gasteiger charge is 2.26. The number of nitrogens with zero attached hydrogens (tertiary/aromatic N) is 3. The lowest BCUT2D eigenvalue weighted by molar-refractivity contribution is -0.385. The molecule has 7 nitrogen and oxygen atoms in total. The molecule has 0 aliphatic carbocycles. The smallest absolute Gasteiger partial charge is 0.300 e. The number of aromatic nitrogens is 1. The van der Waals surface area contributed by atoms with Crippen molar-refractivity contribution in [1.29, 1.82) is 0 Å². The van der Waals surface area contributed by atoms with E-state index in [1.807, 2.05) is 20.8 Å². The van der Waals surface area contributed by atoms with Gasteiger partial charge in [-0.3, -0.25) is 14.9 Å². The van der Waals surface area contributed by atoms with E-state index in [0.717, 1.165) is 6.20 Å². The number of amides is 1. The first-order valence-electron chi connectivity index (χ1n) is 5.77. The van der Waals surface area contributed by atoms with Crippen LogP contribution in [0.25, 0.3) is 0 Å². The highest BCUT2D eigenvalue weighted by Crippen LogP contribution is 2.22. The average molecular weight is 266 g/mol. The molecule has 0 spiro atoms. The summed E-state index contributed by atoms with van der Waals surface area (Å²) in [6.07, 6.45) is 1.01. The SMILES string of the molecule is CN(CC(C)(C)C)C(=O)c1cc(N)ncc1[N+](=O)[O-]. The number of anilines is 1. The first kappa shape index (κ1) is 14.9. The van der Waals surface area contributed by atoms with Gasteiger partial charge < -0.3 is 10.6 Å². The van der Waals surface area contributed by atoms with Crippen LogP contribution in [-0.2, 0) is 0 Å². The Morgan fingerprint density at radius 3 is 2.58 bits per heavy atom. The topological polar surface area (TPSA) is 102 Å². The zero-order valence-corrected chi connectivity index (χ0v) is 11.5. The molecule has 0 saturated heterocycles. The van der Waals surface area contributed by atoms with E-state index < -0.39 is 10.8 Å². The quantitative estimate of drug-likeness (QED) is 0.662. The molecule has 1 aromatic heterocycles.